The summed E-state index contributed by atoms with van der Waals surface area (Å²) in [6.45, 7) is 6.81. The van der Waals surface area contributed by atoms with Crippen LogP contribution in [-0.2, 0) is 19.1 Å². The second kappa shape index (κ2) is 9.67. The molecule has 3 saturated heterocycles. The van der Waals surface area contributed by atoms with E-state index in [4.69, 9.17) is 4.74 Å². The summed E-state index contributed by atoms with van der Waals surface area (Å²) >= 11 is 0. The van der Waals surface area contributed by atoms with Gasteiger partial charge in [0.1, 0.15) is 23.2 Å². The Kier molecular flexibility index (Phi) is 6.98. The van der Waals surface area contributed by atoms with Gasteiger partial charge in [-0.3, -0.25) is 19.3 Å². The van der Waals surface area contributed by atoms with Crippen LogP contribution >= 0.6 is 0 Å². The predicted octanol–water partition coefficient (Wildman–Crippen LogP) is 1.69. The van der Waals surface area contributed by atoms with Crippen LogP contribution in [0.3, 0.4) is 0 Å². The first-order chi connectivity index (χ1) is 16.5. The molecule has 2 N–H and O–H groups in total. The molecule has 3 aliphatic heterocycles. The SMILES string of the molecule is CC(C)(C)OC(=O)N1CCC[C@@]12CCN([C@@H](CC1CC1)C(=O)N[C@H](C#N)C[C@@H]1CCNC1=O)C2=O. The van der Waals surface area contributed by atoms with Crippen molar-refractivity contribution in [3.8, 4) is 6.07 Å². The maximum absolute atomic E-state index is 13.8. The fraction of sp³-hybridized carbons (Fsp3) is 0.800. The van der Waals surface area contributed by atoms with E-state index in [9.17, 15) is 24.4 Å². The van der Waals surface area contributed by atoms with Gasteiger partial charge in [0, 0.05) is 25.6 Å². The van der Waals surface area contributed by atoms with Crippen LogP contribution in [0.25, 0.3) is 0 Å². The second-order valence-electron chi connectivity index (χ2n) is 11.4. The molecule has 0 aromatic carbocycles. The maximum atomic E-state index is 13.8. The topological polar surface area (TPSA) is 132 Å². The van der Waals surface area contributed by atoms with Crippen LogP contribution < -0.4 is 10.6 Å². The summed E-state index contributed by atoms with van der Waals surface area (Å²) in [5.41, 5.74) is -1.64. The third kappa shape index (κ3) is 5.39. The van der Waals surface area contributed by atoms with Crippen molar-refractivity contribution in [1.29, 1.82) is 5.26 Å². The van der Waals surface area contributed by atoms with E-state index >= 15 is 0 Å². The summed E-state index contributed by atoms with van der Waals surface area (Å²) in [5.74, 6) is -0.560. The molecular weight excluding hydrogens is 450 g/mol. The Morgan fingerprint density at radius 3 is 2.54 bits per heavy atom. The number of carbonyl (C=O) groups is 4. The molecule has 0 bridgehead atoms. The van der Waals surface area contributed by atoms with Crippen molar-refractivity contribution in [3.63, 3.8) is 0 Å². The van der Waals surface area contributed by atoms with Crippen molar-refractivity contribution in [3.05, 3.63) is 0 Å². The fourth-order valence-electron chi connectivity index (χ4n) is 5.63. The largest absolute Gasteiger partial charge is 0.444 e. The molecule has 1 aliphatic carbocycles. The summed E-state index contributed by atoms with van der Waals surface area (Å²) in [4.78, 5) is 55.3. The van der Waals surface area contributed by atoms with Gasteiger partial charge in [-0.1, -0.05) is 12.8 Å². The first kappa shape index (κ1) is 25.3. The summed E-state index contributed by atoms with van der Waals surface area (Å²) in [5, 5.41) is 15.2. The molecule has 10 heteroatoms. The van der Waals surface area contributed by atoms with E-state index in [0.717, 1.165) is 12.8 Å². The average molecular weight is 488 g/mol. The third-order valence-corrected chi connectivity index (χ3v) is 7.62. The van der Waals surface area contributed by atoms with Gasteiger partial charge in [0.25, 0.3) is 0 Å². The zero-order chi connectivity index (χ0) is 25.4. The predicted molar refractivity (Wildman–Crippen MR) is 126 cm³/mol. The first-order valence-electron chi connectivity index (χ1n) is 12.8. The highest BCUT2D eigenvalue weighted by molar-refractivity contribution is 5.96. The minimum atomic E-state index is -0.971. The number of hydrogen-bond donors (Lipinski definition) is 2. The number of carbonyl (C=O) groups excluding carboxylic acids is 4. The molecule has 1 spiro atoms. The lowest BCUT2D eigenvalue weighted by atomic mass is 9.94. The zero-order valence-corrected chi connectivity index (χ0v) is 21.0. The Bertz CT molecular complexity index is 920. The Hall–Kier alpha value is -2.83. The smallest absolute Gasteiger partial charge is 0.411 e. The van der Waals surface area contributed by atoms with Gasteiger partial charge >= 0.3 is 6.09 Å². The van der Waals surface area contributed by atoms with Crippen LogP contribution in [0, 0.1) is 23.2 Å². The number of ether oxygens (including phenoxy) is 1. The average Bonchev–Trinajstić information content (AvgIpc) is 3.21. The monoisotopic (exact) mass is 487 g/mol. The lowest BCUT2D eigenvalue weighted by Gasteiger charge is -2.36. The Morgan fingerprint density at radius 2 is 1.94 bits per heavy atom. The normalized spacial score (nSPS) is 28.1. The van der Waals surface area contributed by atoms with Crippen LogP contribution in [0.4, 0.5) is 4.79 Å². The summed E-state index contributed by atoms with van der Waals surface area (Å²) < 4.78 is 5.58. The van der Waals surface area contributed by atoms with Crippen molar-refractivity contribution in [2.24, 2.45) is 11.8 Å². The number of likely N-dealkylation sites (tertiary alicyclic amines) is 2. The molecule has 0 radical (unpaired) electrons. The van der Waals surface area contributed by atoms with Crippen LogP contribution in [0.2, 0.25) is 0 Å². The van der Waals surface area contributed by atoms with Crippen molar-refractivity contribution in [1.82, 2.24) is 20.4 Å². The molecule has 1 saturated carbocycles. The van der Waals surface area contributed by atoms with E-state index < -0.39 is 29.3 Å². The Morgan fingerprint density at radius 1 is 1.20 bits per heavy atom. The molecule has 4 rings (SSSR count). The maximum Gasteiger partial charge on any atom is 0.411 e. The Balaban J connectivity index is 1.48. The minimum Gasteiger partial charge on any atom is -0.444 e. The highest BCUT2D eigenvalue weighted by Crippen LogP contribution is 2.42. The van der Waals surface area contributed by atoms with Gasteiger partial charge in [-0.2, -0.15) is 5.26 Å². The van der Waals surface area contributed by atoms with Crippen molar-refractivity contribution in [2.45, 2.75) is 95.4 Å². The van der Waals surface area contributed by atoms with E-state index in [2.05, 4.69) is 16.7 Å². The molecule has 4 atom stereocenters. The molecule has 0 unspecified atom stereocenters. The standard InChI is InChI=1S/C25H37N5O5/c1-24(2,3)35-23(34)30-11-4-8-25(30)9-12-29(22(25)33)19(13-16-5-6-16)21(32)28-18(15-26)14-17-7-10-27-20(17)31/h16-19H,4-14H2,1-3H3,(H,27,31)(H,28,32)/t17-,18-,19-,25-/m0/s1. The van der Waals surface area contributed by atoms with Gasteiger partial charge < -0.3 is 20.3 Å². The number of amides is 4. The van der Waals surface area contributed by atoms with Crippen molar-refractivity contribution >= 4 is 23.8 Å². The number of nitriles is 1. The fourth-order valence-corrected chi connectivity index (χ4v) is 5.63. The van der Waals surface area contributed by atoms with E-state index in [1.165, 1.54) is 0 Å². The summed E-state index contributed by atoms with van der Waals surface area (Å²) in [6.07, 6.45) is 4.71. The second-order valence-corrected chi connectivity index (χ2v) is 11.4. The van der Waals surface area contributed by atoms with E-state index in [1.807, 2.05) is 0 Å². The van der Waals surface area contributed by atoms with Gasteiger partial charge in [-0.05, 0) is 65.2 Å². The molecular formula is C25H37N5O5. The van der Waals surface area contributed by atoms with Crippen molar-refractivity contribution in [2.75, 3.05) is 19.6 Å². The third-order valence-electron chi connectivity index (χ3n) is 7.62. The van der Waals surface area contributed by atoms with Gasteiger partial charge in [0.2, 0.25) is 17.7 Å². The molecule has 10 nitrogen and oxygen atoms in total. The lowest BCUT2D eigenvalue weighted by Crippen LogP contribution is -2.57. The molecule has 4 aliphatic rings. The molecule has 0 aromatic rings. The van der Waals surface area contributed by atoms with Crippen molar-refractivity contribution < 1.29 is 23.9 Å². The molecule has 3 heterocycles. The molecule has 192 valence electrons. The first-order valence-corrected chi connectivity index (χ1v) is 12.8. The molecule has 0 aromatic heterocycles. The lowest BCUT2D eigenvalue weighted by molar-refractivity contribution is -0.143. The van der Waals surface area contributed by atoms with E-state index in [-0.39, 0.29) is 30.1 Å². The Labute approximate surface area is 206 Å². The van der Waals surface area contributed by atoms with E-state index in [0.29, 0.717) is 57.7 Å². The highest BCUT2D eigenvalue weighted by Gasteiger charge is 2.58. The number of nitrogens with zero attached hydrogens (tertiary/aromatic N) is 3. The van der Waals surface area contributed by atoms with Crippen LogP contribution in [0.5, 0.6) is 0 Å². The molecule has 35 heavy (non-hydrogen) atoms. The zero-order valence-electron chi connectivity index (χ0n) is 21.0. The number of nitrogens with one attached hydrogen (secondary N) is 2. The van der Waals surface area contributed by atoms with Crippen LogP contribution in [0.15, 0.2) is 0 Å². The molecule has 4 fully saturated rings. The van der Waals surface area contributed by atoms with Gasteiger partial charge in [-0.25, -0.2) is 4.79 Å². The van der Waals surface area contributed by atoms with Gasteiger partial charge in [0.05, 0.1) is 6.07 Å². The quantitative estimate of drug-likeness (QED) is 0.562. The number of rotatable bonds is 7. The van der Waals surface area contributed by atoms with Crippen LogP contribution in [0.1, 0.15) is 72.1 Å². The summed E-state index contributed by atoms with van der Waals surface area (Å²) in [7, 11) is 0. The van der Waals surface area contributed by atoms with E-state index in [1.54, 1.807) is 30.6 Å². The number of hydrogen-bond acceptors (Lipinski definition) is 6. The van der Waals surface area contributed by atoms with Crippen LogP contribution in [-0.4, -0.2) is 76.5 Å². The van der Waals surface area contributed by atoms with Gasteiger partial charge in [-0.15, -0.1) is 0 Å². The van der Waals surface area contributed by atoms with Gasteiger partial charge in [0.15, 0.2) is 0 Å². The minimum absolute atomic E-state index is 0.0887. The summed E-state index contributed by atoms with van der Waals surface area (Å²) in [6, 6.07) is 0.626. The molecule has 4 amide bonds. The highest BCUT2D eigenvalue weighted by atomic mass is 16.6.